The van der Waals surface area contributed by atoms with Gasteiger partial charge in [-0.15, -0.1) is 0 Å². The molecule has 2 aromatic heterocycles. The van der Waals surface area contributed by atoms with Crippen molar-refractivity contribution in [2.75, 3.05) is 21.3 Å². The van der Waals surface area contributed by atoms with Gasteiger partial charge in [0.25, 0.3) is 60.7 Å². The van der Waals surface area contributed by atoms with Crippen LogP contribution in [0.15, 0.2) is 159 Å². The minimum absolute atomic E-state index is 0.0277. The van der Waals surface area contributed by atoms with E-state index in [1.807, 2.05) is 0 Å². The highest BCUT2D eigenvalue weighted by Crippen LogP contribution is 2.39. The monoisotopic (exact) mass is 1360 g/mol. The van der Waals surface area contributed by atoms with Crippen LogP contribution in [-0.2, 0) is 60.7 Å². The molecule has 0 spiro atoms. The molecule has 0 aliphatic rings. The molecule has 466 valence electrons. The van der Waals surface area contributed by atoms with Crippen LogP contribution in [0.5, 0.6) is 12.0 Å². The first-order chi connectivity index (χ1) is 41.8. The zero-order chi connectivity index (χ0) is 65.8. The summed E-state index contributed by atoms with van der Waals surface area (Å²) in [6, 6.07) is 15.2. The van der Waals surface area contributed by atoms with Gasteiger partial charge in [-0.3, -0.25) is 27.3 Å². The van der Waals surface area contributed by atoms with Crippen molar-refractivity contribution in [2.45, 2.75) is 29.4 Å². The first-order valence-corrected chi connectivity index (χ1v) is 32.2. The summed E-state index contributed by atoms with van der Waals surface area (Å²) >= 11 is 0. The van der Waals surface area contributed by atoms with E-state index in [1.165, 1.54) is 48.5 Å². The summed E-state index contributed by atoms with van der Waals surface area (Å²) < 4.78 is 204. The third-order valence-electron chi connectivity index (χ3n) is 11.8. The second-order valence-electron chi connectivity index (χ2n) is 17.9. The van der Waals surface area contributed by atoms with Crippen LogP contribution in [0.3, 0.4) is 0 Å². The van der Waals surface area contributed by atoms with E-state index in [0.717, 1.165) is 24.3 Å². The Bertz CT molecular complexity index is 5010. The molecule has 0 aliphatic heterocycles. The van der Waals surface area contributed by atoms with E-state index < -0.39 is 193 Å². The van der Waals surface area contributed by atoms with Gasteiger partial charge in [0, 0.05) is 32.9 Å². The van der Waals surface area contributed by atoms with Gasteiger partial charge in [0.05, 0.1) is 55.0 Å². The number of hydrogen-bond acceptors (Lipinski definition) is 30. The van der Waals surface area contributed by atoms with E-state index >= 15 is 0 Å². The highest BCUT2D eigenvalue weighted by Gasteiger charge is 2.29. The summed E-state index contributed by atoms with van der Waals surface area (Å²) in [6.45, 7) is 0. The number of carboxylic acid groups (broad SMARTS) is 2. The van der Waals surface area contributed by atoms with Crippen molar-refractivity contribution >= 4 is 163 Å². The van der Waals surface area contributed by atoms with Gasteiger partial charge in [0.2, 0.25) is 23.8 Å². The van der Waals surface area contributed by atoms with E-state index in [4.69, 9.17) is 0 Å². The summed E-state index contributed by atoms with van der Waals surface area (Å²) in [5.41, 5.74) is -2.70. The molecule has 0 amide bonds. The molecule has 0 fully saturated rings. The van der Waals surface area contributed by atoms with Gasteiger partial charge in [-0.2, -0.15) is 101 Å². The summed E-state index contributed by atoms with van der Waals surface area (Å²) in [7, 11) is -31.5. The zero-order valence-corrected chi connectivity index (χ0v) is 48.4. The van der Waals surface area contributed by atoms with E-state index in [0.29, 0.717) is 36.4 Å². The molecule has 9 aromatic rings. The Morgan fingerprint density at radius 1 is 0.333 bits per heavy atom. The second kappa shape index (κ2) is 23.5. The fraction of sp³-hybridized carbons (Fsp3) is 0. The zero-order valence-electron chi connectivity index (χ0n) is 43.5. The van der Waals surface area contributed by atoms with Gasteiger partial charge in [-0.05, 0) is 109 Å². The molecule has 14 N–H and O–H groups in total. The maximum absolute atomic E-state index is 12.6. The van der Waals surface area contributed by atoms with Crippen LogP contribution < -0.4 is 21.3 Å². The van der Waals surface area contributed by atoms with Gasteiger partial charge in [-0.1, -0.05) is 0 Å². The molecule has 2 heterocycles. The van der Waals surface area contributed by atoms with E-state index in [9.17, 15) is 108 Å². The number of benzene rings is 7. The number of carboxylic acids is 2. The Labute approximate surface area is 502 Å². The van der Waals surface area contributed by atoms with Crippen LogP contribution in [0.4, 0.5) is 69.3 Å². The van der Waals surface area contributed by atoms with Gasteiger partial charge in [-0.25, -0.2) is 9.59 Å². The molecule has 44 heteroatoms. The predicted molar refractivity (Wildman–Crippen MR) is 304 cm³/mol. The molecule has 90 heavy (non-hydrogen) atoms. The number of rotatable bonds is 20. The molecule has 0 aliphatic carbocycles. The summed E-state index contributed by atoms with van der Waals surface area (Å²) in [5, 5.41) is 64.5. The summed E-state index contributed by atoms with van der Waals surface area (Å²) in [6.07, 6.45) is 0. The van der Waals surface area contributed by atoms with Crippen molar-refractivity contribution in [2.24, 2.45) is 20.5 Å². The van der Waals surface area contributed by atoms with Crippen molar-refractivity contribution in [3.63, 3.8) is 0 Å². The number of nitrogens with one attached hydrogen (secondary N) is 4. The third kappa shape index (κ3) is 14.7. The van der Waals surface area contributed by atoms with Crippen LogP contribution in [0.25, 0.3) is 21.5 Å². The smallest absolute Gasteiger partial charge is 0.337 e. The molecule has 0 atom stereocenters. The van der Waals surface area contributed by atoms with Crippen molar-refractivity contribution in [1.82, 2.24) is 29.9 Å². The van der Waals surface area contributed by atoms with E-state index in [2.05, 4.69) is 71.6 Å². The number of carbonyl (C=O) groups is 2. The molecule has 0 saturated carbocycles. The lowest BCUT2D eigenvalue weighted by atomic mass is 10.1. The quantitative estimate of drug-likeness (QED) is 0.0287. The maximum Gasteiger partial charge on any atom is 0.337 e. The lowest BCUT2D eigenvalue weighted by Crippen LogP contribution is -2.12. The number of aromatic carboxylic acids is 2. The summed E-state index contributed by atoms with van der Waals surface area (Å²) in [4.78, 5) is 41.6. The van der Waals surface area contributed by atoms with Gasteiger partial charge < -0.3 is 41.7 Å². The molecular weight excluding hydrogens is 1320 g/mol. The Morgan fingerprint density at radius 3 is 0.900 bits per heavy atom. The fourth-order valence-electron chi connectivity index (χ4n) is 8.04. The lowest BCUT2D eigenvalue weighted by molar-refractivity contribution is 0.0683. The third-order valence-corrected chi connectivity index (χ3v) is 17.0. The first kappa shape index (κ1) is 64.0. The Hall–Kier alpha value is -10.5. The number of azo groups is 2. The predicted octanol–water partition coefficient (Wildman–Crippen LogP) is 6.46. The van der Waals surface area contributed by atoms with Crippen LogP contribution in [-0.4, -0.2) is 140 Å². The Balaban J connectivity index is 0.910. The van der Waals surface area contributed by atoms with Crippen molar-refractivity contribution in [3.8, 4) is 12.0 Å². The molecule has 7 aromatic carbocycles. The Kier molecular flexibility index (Phi) is 16.7. The number of nitrogens with zero attached hydrogens (tertiary/aromatic N) is 10. The lowest BCUT2D eigenvalue weighted by Gasteiger charge is -2.15. The van der Waals surface area contributed by atoms with E-state index in [1.54, 1.807) is 0 Å². The standard InChI is InChI=1S/C46H32N14O24S6/c61-39(62)31-18-34(50-44-52-42(54-46(66)56-44)48-20-3-7-22(8-4-20)58-60-24-10-28-30(36(12-24)88(76,77)78)14-26(86(70,71)72)16-38(28)90(82,83)84)32(40(63)64)17-33(31)49-43-51-41(53-45(65)55-43)47-19-1-5-21(6-2-19)57-59-23-9-27-29(35(11-23)87(73,74)75)13-25(85(67,68)69)15-37(27)89(79,80)81/h1-18H,(H,61,62)(H,63,64)(H,67,68,69)(H,70,71,72)(H,73,74,75)(H,76,77,78)(H,79,80,81)(H,82,83,84)(H3,47,49,51,53,55,65)(H3,48,50,52,54,56,66)/b59-57+,60-58+. The number of aromatic hydroxyl groups is 2. The summed E-state index contributed by atoms with van der Waals surface area (Å²) in [5.74, 6) is -5.20. The highest BCUT2D eigenvalue weighted by atomic mass is 32.2. The number of hydrogen-bond donors (Lipinski definition) is 14. The topological polar surface area (TPSA) is 616 Å². The van der Waals surface area contributed by atoms with Gasteiger partial charge in [0.15, 0.2) is 0 Å². The van der Waals surface area contributed by atoms with Crippen LogP contribution in [0, 0.1) is 0 Å². The molecule has 38 nitrogen and oxygen atoms in total. The normalized spacial score (nSPS) is 12.6. The molecule has 0 radical (unpaired) electrons. The van der Waals surface area contributed by atoms with Crippen molar-refractivity contribution in [3.05, 3.63) is 120 Å². The van der Waals surface area contributed by atoms with Crippen molar-refractivity contribution in [1.29, 1.82) is 0 Å². The van der Waals surface area contributed by atoms with Crippen LogP contribution in [0.2, 0.25) is 0 Å². The maximum atomic E-state index is 12.6. The molecule has 0 bridgehead atoms. The van der Waals surface area contributed by atoms with Crippen LogP contribution >= 0.6 is 0 Å². The molecular formula is C46H32N14O24S6. The number of aromatic nitrogens is 6. The number of anilines is 8. The SMILES string of the molecule is O=C(O)c1cc(Nc2nc(O)nc(Nc3ccc(/N=N/c4cc(S(=O)(=O)O)c5cc(S(=O)(=O)O)cc(S(=O)(=O)O)c5c4)cc3)n2)c(C(=O)O)cc1Nc1nc(O)nc(Nc2ccc(/N=N/c3cc(S(=O)(=O)O)c4cc(S(=O)(=O)O)cc(S(=O)(=O)O)c4c3)cc2)n1. The first-order valence-electron chi connectivity index (χ1n) is 23.5. The fourth-order valence-corrected chi connectivity index (χ4v) is 12.1. The largest absolute Gasteiger partial charge is 0.479 e. The average Bonchev–Trinajstić information content (AvgIpc) is 0.790. The molecule has 0 saturated heterocycles. The second-order valence-corrected chi connectivity index (χ2v) is 26.3. The highest BCUT2D eigenvalue weighted by molar-refractivity contribution is 7.88. The average molecular weight is 1360 g/mol. The molecule has 0 unspecified atom stereocenters. The van der Waals surface area contributed by atoms with Crippen LogP contribution in [0.1, 0.15) is 20.7 Å². The number of fused-ring (bicyclic) bond motifs is 2. The van der Waals surface area contributed by atoms with Gasteiger partial charge in [0.1, 0.15) is 19.6 Å². The minimum Gasteiger partial charge on any atom is -0.479 e. The van der Waals surface area contributed by atoms with E-state index in [-0.39, 0.29) is 22.7 Å². The van der Waals surface area contributed by atoms with Gasteiger partial charge >= 0.3 is 24.0 Å². The molecule has 9 rings (SSSR count). The Morgan fingerprint density at radius 2 is 0.611 bits per heavy atom. The van der Waals surface area contributed by atoms with Crippen molar-refractivity contribution < 1.29 is 108 Å². The minimum atomic E-state index is -5.32.